The van der Waals surface area contributed by atoms with Crippen molar-refractivity contribution in [2.24, 2.45) is 0 Å². The second-order valence-electron chi connectivity index (χ2n) is 8.47. The van der Waals surface area contributed by atoms with Crippen molar-refractivity contribution in [3.05, 3.63) is 23.4 Å². The topological polar surface area (TPSA) is 72.0 Å². The van der Waals surface area contributed by atoms with Gasteiger partial charge in [0.25, 0.3) is 0 Å². The number of carbonyl (C=O) groups excluding carboxylic acids is 2. The number of hydrogen-bond acceptors (Lipinski definition) is 6. The highest BCUT2D eigenvalue weighted by atomic mass is 16.6. The maximum absolute atomic E-state index is 12.6. The van der Waals surface area contributed by atoms with Crippen molar-refractivity contribution in [2.45, 2.75) is 59.6 Å². The van der Waals surface area contributed by atoms with Gasteiger partial charge in [0.15, 0.2) is 5.69 Å². The smallest absolute Gasteiger partial charge is 0.410 e. The highest BCUT2D eigenvalue weighted by Gasteiger charge is 2.39. The number of hydrogen-bond donors (Lipinski definition) is 0. The van der Waals surface area contributed by atoms with Crippen LogP contribution in [0.5, 0.6) is 0 Å². The van der Waals surface area contributed by atoms with E-state index in [1.54, 1.807) is 17.9 Å². The number of pyridine rings is 1. The van der Waals surface area contributed by atoms with Crippen LogP contribution in [0.3, 0.4) is 0 Å². The third kappa shape index (κ3) is 5.34. The first kappa shape index (κ1) is 21.0. The fraction of sp³-hybridized carbons (Fsp3) is 0.650. The quantitative estimate of drug-likeness (QED) is 0.752. The zero-order valence-corrected chi connectivity index (χ0v) is 17.5. The molecule has 1 aromatic heterocycles. The Kier molecular flexibility index (Phi) is 6.02. The number of aryl methyl sites for hydroxylation is 1. The van der Waals surface area contributed by atoms with Gasteiger partial charge in [0.1, 0.15) is 11.4 Å². The first-order valence-electron chi connectivity index (χ1n) is 9.34. The molecule has 0 saturated carbocycles. The molecule has 0 atom stereocenters. The molecule has 7 nitrogen and oxygen atoms in total. The van der Waals surface area contributed by atoms with E-state index in [0.29, 0.717) is 31.9 Å². The second-order valence-corrected chi connectivity index (χ2v) is 8.47. The first-order chi connectivity index (χ1) is 12.4. The molecule has 7 heteroatoms. The Balaban J connectivity index is 2.19. The molecule has 1 aliphatic heterocycles. The van der Waals surface area contributed by atoms with Crippen molar-refractivity contribution in [1.82, 2.24) is 9.88 Å². The molecule has 1 saturated heterocycles. The van der Waals surface area contributed by atoms with Crippen molar-refractivity contribution in [3.8, 4) is 0 Å². The zero-order chi connectivity index (χ0) is 20.4. The van der Waals surface area contributed by atoms with E-state index in [1.807, 2.05) is 47.6 Å². The molecule has 0 bridgehead atoms. The van der Waals surface area contributed by atoms with Gasteiger partial charge in [-0.1, -0.05) is 0 Å². The summed E-state index contributed by atoms with van der Waals surface area (Å²) in [6.07, 6.45) is -0.309. The Morgan fingerprint density at radius 1 is 1.22 bits per heavy atom. The van der Waals surface area contributed by atoms with Gasteiger partial charge in [0.05, 0.1) is 12.1 Å². The molecule has 1 aliphatic rings. The summed E-state index contributed by atoms with van der Waals surface area (Å²) < 4.78 is 10.6. The summed E-state index contributed by atoms with van der Waals surface area (Å²) in [5.41, 5.74) is 0.280. The summed E-state index contributed by atoms with van der Waals surface area (Å²) in [7, 11) is 0. The van der Waals surface area contributed by atoms with E-state index in [4.69, 9.17) is 9.47 Å². The van der Waals surface area contributed by atoms with Crippen LogP contribution in [0.15, 0.2) is 12.1 Å². The molecule has 1 aromatic rings. The molecule has 27 heavy (non-hydrogen) atoms. The minimum atomic E-state index is -0.531. The number of anilines is 1. The monoisotopic (exact) mass is 377 g/mol. The predicted molar refractivity (Wildman–Crippen MR) is 104 cm³/mol. The van der Waals surface area contributed by atoms with E-state index in [1.165, 1.54) is 0 Å². The molecule has 2 rings (SSSR count). The number of carbonyl (C=O) groups is 2. The Bertz CT molecular complexity index is 710. The lowest BCUT2D eigenvalue weighted by atomic mass is 9.99. The Hall–Kier alpha value is -2.31. The van der Waals surface area contributed by atoms with Crippen molar-refractivity contribution >= 4 is 17.9 Å². The maximum Gasteiger partial charge on any atom is 0.410 e. The van der Waals surface area contributed by atoms with Crippen molar-refractivity contribution in [2.75, 3.05) is 31.1 Å². The lowest BCUT2D eigenvalue weighted by Gasteiger charge is -2.47. The van der Waals surface area contributed by atoms with Gasteiger partial charge in [-0.15, -0.1) is 0 Å². The van der Waals surface area contributed by atoms with E-state index < -0.39 is 17.1 Å². The van der Waals surface area contributed by atoms with Gasteiger partial charge in [0.2, 0.25) is 0 Å². The van der Waals surface area contributed by atoms with Crippen LogP contribution >= 0.6 is 0 Å². The fourth-order valence-corrected chi connectivity index (χ4v) is 3.13. The minimum Gasteiger partial charge on any atom is -0.461 e. The molecule has 0 aliphatic carbocycles. The average molecular weight is 377 g/mol. The minimum absolute atomic E-state index is 0.305. The van der Waals surface area contributed by atoms with Crippen LogP contribution in [-0.2, 0) is 9.47 Å². The van der Waals surface area contributed by atoms with Gasteiger partial charge in [-0.2, -0.15) is 0 Å². The number of piperazine rings is 1. The number of ether oxygens (including phenoxy) is 2. The zero-order valence-electron chi connectivity index (χ0n) is 17.5. The predicted octanol–water partition coefficient (Wildman–Crippen LogP) is 3.40. The Morgan fingerprint density at radius 2 is 1.89 bits per heavy atom. The van der Waals surface area contributed by atoms with Crippen LogP contribution < -0.4 is 4.90 Å². The molecule has 0 unspecified atom stereocenters. The summed E-state index contributed by atoms with van der Waals surface area (Å²) >= 11 is 0. The summed E-state index contributed by atoms with van der Waals surface area (Å²) in [5.74, 6) is 0.295. The summed E-state index contributed by atoms with van der Waals surface area (Å²) in [6, 6.07) is 3.67. The second kappa shape index (κ2) is 7.74. The summed E-state index contributed by atoms with van der Waals surface area (Å²) in [5, 5.41) is 0. The van der Waals surface area contributed by atoms with Crippen molar-refractivity contribution < 1.29 is 19.1 Å². The molecular formula is C20H31N3O4. The summed E-state index contributed by atoms with van der Waals surface area (Å²) in [4.78, 5) is 33.0. The van der Waals surface area contributed by atoms with Gasteiger partial charge in [-0.3, -0.25) is 4.90 Å². The van der Waals surface area contributed by atoms with Crippen LogP contribution in [0, 0.1) is 6.92 Å². The Morgan fingerprint density at radius 3 is 2.44 bits per heavy atom. The normalized spacial score (nSPS) is 16.9. The Labute approximate surface area is 161 Å². The lowest BCUT2D eigenvalue weighted by molar-refractivity contribution is 0.000304. The molecule has 1 fully saturated rings. The molecule has 1 amide bonds. The number of nitrogens with zero attached hydrogens (tertiary/aromatic N) is 3. The van der Waals surface area contributed by atoms with Gasteiger partial charge in [-0.05, 0) is 66.2 Å². The van der Waals surface area contributed by atoms with E-state index in [-0.39, 0.29) is 6.09 Å². The number of rotatable bonds is 3. The van der Waals surface area contributed by atoms with Crippen LogP contribution in [0.4, 0.5) is 10.6 Å². The molecule has 0 radical (unpaired) electrons. The van der Waals surface area contributed by atoms with Crippen LogP contribution in [0.1, 0.15) is 57.6 Å². The molecular weight excluding hydrogens is 346 g/mol. The van der Waals surface area contributed by atoms with Crippen LogP contribution in [-0.4, -0.2) is 59.3 Å². The molecule has 2 heterocycles. The van der Waals surface area contributed by atoms with Gasteiger partial charge < -0.3 is 14.4 Å². The fourth-order valence-electron chi connectivity index (χ4n) is 3.13. The van der Waals surface area contributed by atoms with Gasteiger partial charge in [-0.25, -0.2) is 14.6 Å². The first-order valence-corrected chi connectivity index (χ1v) is 9.34. The number of amides is 1. The van der Waals surface area contributed by atoms with E-state index in [9.17, 15) is 9.59 Å². The van der Waals surface area contributed by atoms with E-state index in [2.05, 4.69) is 9.88 Å². The molecule has 0 aromatic carbocycles. The van der Waals surface area contributed by atoms with E-state index in [0.717, 1.165) is 11.4 Å². The largest absolute Gasteiger partial charge is 0.461 e. The van der Waals surface area contributed by atoms with Crippen LogP contribution in [0.25, 0.3) is 0 Å². The molecule has 150 valence electrons. The average Bonchev–Trinajstić information content (AvgIpc) is 2.51. The van der Waals surface area contributed by atoms with Gasteiger partial charge in [0, 0.05) is 19.6 Å². The standard InChI is InChI=1S/C20H31N3O4/c1-8-26-17(24)15-11-14(2)12-16(21-15)22-9-10-23(20(6,7)13-22)18(25)27-19(3,4)5/h11-12H,8-10,13H2,1-7H3. The molecule has 0 spiro atoms. The third-order valence-corrected chi connectivity index (χ3v) is 4.28. The van der Waals surface area contributed by atoms with Crippen molar-refractivity contribution in [3.63, 3.8) is 0 Å². The lowest BCUT2D eigenvalue weighted by Crippen LogP contribution is -2.62. The van der Waals surface area contributed by atoms with Gasteiger partial charge >= 0.3 is 12.1 Å². The van der Waals surface area contributed by atoms with Crippen LogP contribution in [0.2, 0.25) is 0 Å². The molecule has 0 N–H and O–H groups in total. The third-order valence-electron chi connectivity index (χ3n) is 4.28. The number of aromatic nitrogens is 1. The number of esters is 1. The van der Waals surface area contributed by atoms with E-state index >= 15 is 0 Å². The van der Waals surface area contributed by atoms with Crippen molar-refractivity contribution in [1.29, 1.82) is 0 Å². The summed E-state index contributed by atoms with van der Waals surface area (Å²) in [6.45, 7) is 15.3. The highest BCUT2D eigenvalue weighted by Crippen LogP contribution is 2.27. The highest BCUT2D eigenvalue weighted by molar-refractivity contribution is 5.88. The SMILES string of the molecule is CCOC(=O)c1cc(C)cc(N2CCN(C(=O)OC(C)(C)C)C(C)(C)C2)n1. The maximum atomic E-state index is 12.6.